The number of amides is 1. The number of nitrogens with one attached hydrogen (secondary N) is 1. The molecule has 1 aromatic rings. The summed E-state index contributed by atoms with van der Waals surface area (Å²) in [5.41, 5.74) is 4.99. The number of carbonyl (C=O) groups excluding carboxylic acids is 1. The third-order valence-corrected chi connectivity index (χ3v) is 7.18. The van der Waals surface area contributed by atoms with E-state index in [1.807, 2.05) is 13.0 Å². The van der Waals surface area contributed by atoms with Gasteiger partial charge in [0.15, 0.2) is 6.10 Å². The van der Waals surface area contributed by atoms with Crippen LogP contribution in [0.2, 0.25) is 5.02 Å². The van der Waals surface area contributed by atoms with Crippen LogP contribution < -0.4 is 10.2 Å². The van der Waals surface area contributed by atoms with Crippen molar-refractivity contribution in [1.82, 2.24) is 5.43 Å². The number of nitrogens with zero attached hydrogens (tertiary/aromatic N) is 1. The second-order valence-electron chi connectivity index (χ2n) is 9.04. The maximum Gasteiger partial charge on any atom is 0.280 e. The Labute approximate surface area is 166 Å². The molecule has 1 aromatic carbocycles. The van der Waals surface area contributed by atoms with Crippen LogP contribution in [0.1, 0.15) is 57.9 Å². The summed E-state index contributed by atoms with van der Waals surface area (Å²) in [6.45, 7) is 5.77. The van der Waals surface area contributed by atoms with Gasteiger partial charge in [-0.15, -0.1) is 0 Å². The average Bonchev–Trinajstić information content (AvgIpc) is 2.60. The number of benzene rings is 1. The largest absolute Gasteiger partial charge is 0.481 e. The zero-order valence-electron chi connectivity index (χ0n) is 16.4. The first-order chi connectivity index (χ1) is 12.8. The summed E-state index contributed by atoms with van der Waals surface area (Å²) in [5.74, 6) is 3.06. The topological polar surface area (TPSA) is 50.7 Å². The van der Waals surface area contributed by atoms with Crippen molar-refractivity contribution in [3.05, 3.63) is 28.8 Å². The Hall–Kier alpha value is -1.55. The first kappa shape index (κ1) is 18.8. The fourth-order valence-corrected chi connectivity index (χ4v) is 6.12. The molecular formula is C22H29ClN2O2. The Morgan fingerprint density at radius 2 is 1.81 bits per heavy atom. The minimum absolute atomic E-state index is 0.214. The van der Waals surface area contributed by atoms with Gasteiger partial charge in [0.1, 0.15) is 5.75 Å². The van der Waals surface area contributed by atoms with E-state index < -0.39 is 6.10 Å². The van der Waals surface area contributed by atoms with Crippen molar-refractivity contribution in [2.45, 2.75) is 65.4 Å². The molecule has 4 saturated carbocycles. The molecule has 27 heavy (non-hydrogen) atoms. The lowest BCUT2D eigenvalue weighted by molar-refractivity contribution is -0.127. The quantitative estimate of drug-likeness (QED) is 0.561. The van der Waals surface area contributed by atoms with Crippen molar-refractivity contribution in [3.8, 4) is 5.75 Å². The highest BCUT2D eigenvalue weighted by Gasteiger charge is 2.52. The predicted octanol–water partition coefficient (Wildman–Crippen LogP) is 5.12. The van der Waals surface area contributed by atoms with Gasteiger partial charge in [-0.1, -0.05) is 11.6 Å². The summed E-state index contributed by atoms with van der Waals surface area (Å²) >= 11 is 5.98. The Kier molecular flexibility index (Phi) is 4.96. The van der Waals surface area contributed by atoms with Crippen molar-refractivity contribution in [3.63, 3.8) is 0 Å². The smallest absolute Gasteiger partial charge is 0.280 e. The fourth-order valence-electron chi connectivity index (χ4n) is 5.89. The summed E-state index contributed by atoms with van der Waals surface area (Å²) in [7, 11) is 0. The van der Waals surface area contributed by atoms with Gasteiger partial charge in [0.2, 0.25) is 0 Å². The molecular weight excluding hydrogens is 360 g/mol. The molecule has 4 fully saturated rings. The van der Waals surface area contributed by atoms with E-state index in [1.165, 1.54) is 38.5 Å². The van der Waals surface area contributed by atoms with E-state index >= 15 is 0 Å². The third-order valence-electron chi connectivity index (χ3n) is 6.95. The number of halogens is 1. The van der Waals surface area contributed by atoms with E-state index in [0.717, 1.165) is 29.0 Å². The van der Waals surface area contributed by atoms with Gasteiger partial charge in [0.05, 0.1) is 0 Å². The highest BCUT2D eigenvalue weighted by molar-refractivity contribution is 6.30. The maximum atomic E-state index is 12.5. The lowest BCUT2D eigenvalue weighted by Crippen LogP contribution is -2.50. The van der Waals surface area contributed by atoms with Gasteiger partial charge in [0.25, 0.3) is 5.91 Å². The average molecular weight is 389 g/mol. The van der Waals surface area contributed by atoms with Crippen molar-refractivity contribution < 1.29 is 9.53 Å². The predicted molar refractivity (Wildman–Crippen MR) is 108 cm³/mol. The van der Waals surface area contributed by atoms with Gasteiger partial charge in [-0.25, -0.2) is 5.43 Å². The second-order valence-corrected chi connectivity index (χ2v) is 9.48. The zero-order valence-corrected chi connectivity index (χ0v) is 17.2. The van der Waals surface area contributed by atoms with Crippen LogP contribution in [0.15, 0.2) is 23.3 Å². The van der Waals surface area contributed by atoms with Crippen LogP contribution in [-0.2, 0) is 4.79 Å². The fraction of sp³-hybridized carbons (Fsp3) is 0.636. The first-order valence-corrected chi connectivity index (χ1v) is 10.5. The normalized spacial score (nSPS) is 33.0. The molecule has 1 N–H and O–H groups in total. The van der Waals surface area contributed by atoms with Crippen molar-refractivity contribution in [2.75, 3.05) is 0 Å². The molecule has 0 heterocycles. The van der Waals surface area contributed by atoms with Gasteiger partial charge in [0, 0.05) is 16.1 Å². The molecule has 4 bridgehead atoms. The molecule has 5 heteroatoms. The van der Waals surface area contributed by atoms with Crippen molar-refractivity contribution in [1.29, 1.82) is 0 Å². The number of hydrogen-bond acceptors (Lipinski definition) is 3. The first-order valence-electron chi connectivity index (χ1n) is 10.1. The molecule has 4 nitrogen and oxygen atoms in total. The molecule has 0 spiro atoms. The number of carbonyl (C=O) groups is 1. The maximum absolute atomic E-state index is 12.5. The summed E-state index contributed by atoms with van der Waals surface area (Å²) in [4.78, 5) is 12.5. The molecule has 146 valence electrons. The SMILES string of the molecule is C/C(=N/NC(=O)C(C)Oc1ccc(Cl)cc1C)C12CC3CC(CC(C3)C1)C2. The Morgan fingerprint density at radius 3 is 2.37 bits per heavy atom. The summed E-state index contributed by atoms with van der Waals surface area (Å²) in [6.07, 6.45) is 7.36. The number of hydrazone groups is 1. The Morgan fingerprint density at radius 1 is 1.22 bits per heavy atom. The molecule has 0 radical (unpaired) electrons. The van der Waals surface area contributed by atoms with Gasteiger partial charge in [-0.3, -0.25) is 4.79 Å². The zero-order chi connectivity index (χ0) is 19.2. The third kappa shape index (κ3) is 3.73. The molecule has 0 aliphatic heterocycles. The van der Waals surface area contributed by atoms with E-state index in [-0.39, 0.29) is 11.3 Å². The molecule has 1 unspecified atom stereocenters. The Balaban J connectivity index is 1.39. The van der Waals surface area contributed by atoms with E-state index in [4.69, 9.17) is 16.3 Å². The number of ether oxygens (including phenoxy) is 1. The van der Waals surface area contributed by atoms with Crippen LogP contribution >= 0.6 is 11.6 Å². The molecule has 4 aliphatic carbocycles. The number of rotatable bonds is 5. The monoisotopic (exact) mass is 388 g/mol. The Bertz CT molecular complexity index is 738. The molecule has 1 amide bonds. The van der Waals surface area contributed by atoms with E-state index in [2.05, 4.69) is 17.5 Å². The lowest BCUT2D eigenvalue weighted by atomic mass is 9.48. The molecule has 0 aromatic heterocycles. The minimum Gasteiger partial charge on any atom is -0.481 e. The summed E-state index contributed by atoms with van der Waals surface area (Å²) < 4.78 is 5.80. The minimum atomic E-state index is -0.613. The van der Waals surface area contributed by atoms with Gasteiger partial charge in [-0.2, -0.15) is 5.10 Å². The van der Waals surface area contributed by atoms with Crippen LogP contribution in [0.4, 0.5) is 0 Å². The van der Waals surface area contributed by atoms with Crippen LogP contribution in [0.5, 0.6) is 5.75 Å². The molecule has 1 atom stereocenters. The lowest BCUT2D eigenvalue weighted by Gasteiger charge is -2.56. The second kappa shape index (κ2) is 7.12. The van der Waals surface area contributed by atoms with E-state index in [0.29, 0.717) is 10.8 Å². The van der Waals surface area contributed by atoms with Gasteiger partial charge in [-0.05, 0) is 101 Å². The molecule has 5 rings (SSSR count). The molecule has 4 aliphatic rings. The van der Waals surface area contributed by atoms with Crippen LogP contribution in [0, 0.1) is 30.1 Å². The van der Waals surface area contributed by atoms with Gasteiger partial charge >= 0.3 is 0 Å². The number of hydrogen-bond donors (Lipinski definition) is 1. The summed E-state index contributed by atoms with van der Waals surface area (Å²) in [5, 5.41) is 5.19. The van der Waals surface area contributed by atoms with Crippen molar-refractivity contribution >= 4 is 23.2 Å². The standard InChI is InChI=1S/C22H29ClN2O2/c1-13-6-19(23)4-5-20(13)27-14(2)21(26)25-24-15(3)22-10-16-7-17(11-22)9-18(8-16)12-22/h4-6,14,16-18H,7-12H2,1-3H3,(H,25,26)/b24-15-. The summed E-state index contributed by atoms with van der Waals surface area (Å²) in [6, 6.07) is 5.39. The van der Waals surface area contributed by atoms with Crippen LogP contribution in [0.3, 0.4) is 0 Å². The van der Waals surface area contributed by atoms with E-state index in [9.17, 15) is 4.79 Å². The number of aryl methyl sites for hydroxylation is 1. The van der Waals surface area contributed by atoms with Crippen LogP contribution in [-0.4, -0.2) is 17.7 Å². The van der Waals surface area contributed by atoms with Crippen LogP contribution in [0.25, 0.3) is 0 Å². The highest BCUT2D eigenvalue weighted by Crippen LogP contribution is 2.60. The van der Waals surface area contributed by atoms with Gasteiger partial charge < -0.3 is 4.74 Å². The van der Waals surface area contributed by atoms with Crippen molar-refractivity contribution in [2.24, 2.45) is 28.3 Å². The van der Waals surface area contributed by atoms with E-state index in [1.54, 1.807) is 19.1 Å². The molecule has 0 saturated heterocycles. The highest BCUT2D eigenvalue weighted by atomic mass is 35.5.